The van der Waals surface area contributed by atoms with Crippen LogP contribution in [0.25, 0.3) is 0 Å². The van der Waals surface area contributed by atoms with E-state index < -0.39 is 6.10 Å². The van der Waals surface area contributed by atoms with E-state index in [0.29, 0.717) is 19.4 Å². The molecule has 1 unspecified atom stereocenters. The molecule has 380 valence electrons. The van der Waals surface area contributed by atoms with Gasteiger partial charge in [0.05, 0.1) is 6.61 Å². The lowest BCUT2D eigenvalue weighted by Gasteiger charge is -2.18. The molecule has 0 aromatic carbocycles. The number of carbonyl (C=O) groups is 2. The first kappa shape index (κ1) is 63.1. The van der Waals surface area contributed by atoms with Crippen molar-refractivity contribution in [1.29, 1.82) is 0 Å². The van der Waals surface area contributed by atoms with Crippen LogP contribution in [0.2, 0.25) is 0 Å². The zero-order chi connectivity index (χ0) is 47.7. The number of hydrogen-bond donors (Lipinski definition) is 0. The summed E-state index contributed by atoms with van der Waals surface area (Å²) in [5.41, 5.74) is 0. The summed E-state index contributed by atoms with van der Waals surface area (Å²) in [4.78, 5) is 25.5. The lowest BCUT2D eigenvalue weighted by Crippen LogP contribution is -2.30. The third-order valence-corrected chi connectivity index (χ3v) is 11.9. The molecule has 5 heteroatoms. The van der Waals surface area contributed by atoms with Crippen molar-refractivity contribution in [3.63, 3.8) is 0 Å². The van der Waals surface area contributed by atoms with E-state index in [0.717, 1.165) is 96.3 Å². The van der Waals surface area contributed by atoms with Crippen LogP contribution in [0, 0.1) is 0 Å². The van der Waals surface area contributed by atoms with Gasteiger partial charge < -0.3 is 14.2 Å². The number of hydrogen-bond acceptors (Lipinski definition) is 5. The summed E-state index contributed by atoms with van der Waals surface area (Å²) in [6, 6.07) is 0. The number of rotatable bonds is 51. The zero-order valence-corrected chi connectivity index (χ0v) is 43.7. The molecule has 0 amide bonds. The van der Waals surface area contributed by atoms with Crippen LogP contribution in [0.15, 0.2) is 85.1 Å². The molecule has 0 bridgehead atoms. The van der Waals surface area contributed by atoms with E-state index in [4.69, 9.17) is 14.2 Å². The molecule has 66 heavy (non-hydrogen) atoms. The summed E-state index contributed by atoms with van der Waals surface area (Å²) in [7, 11) is 0. The zero-order valence-electron chi connectivity index (χ0n) is 43.7. The maximum absolute atomic E-state index is 12.8. The Kier molecular flexibility index (Phi) is 53.9. The Balaban J connectivity index is 4.33. The Morgan fingerprint density at radius 2 is 0.682 bits per heavy atom. The van der Waals surface area contributed by atoms with Crippen LogP contribution in [-0.4, -0.2) is 37.9 Å². The van der Waals surface area contributed by atoms with Gasteiger partial charge >= 0.3 is 11.9 Å². The van der Waals surface area contributed by atoms with Gasteiger partial charge in [-0.1, -0.05) is 221 Å². The first-order chi connectivity index (χ1) is 32.6. The molecule has 5 nitrogen and oxygen atoms in total. The van der Waals surface area contributed by atoms with E-state index in [9.17, 15) is 9.59 Å². The van der Waals surface area contributed by atoms with Crippen molar-refractivity contribution in [3.05, 3.63) is 85.1 Å². The number of carbonyl (C=O) groups excluding carboxylic acids is 2. The Bertz CT molecular complexity index is 1220. The molecule has 0 fully saturated rings. The monoisotopic (exact) mass is 919 g/mol. The van der Waals surface area contributed by atoms with Crippen molar-refractivity contribution in [2.45, 2.75) is 271 Å². The van der Waals surface area contributed by atoms with Gasteiger partial charge in [-0.15, -0.1) is 0 Å². The molecule has 0 saturated carbocycles. The van der Waals surface area contributed by atoms with Crippen molar-refractivity contribution < 1.29 is 23.8 Å². The van der Waals surface area contributed by atoms with Gasteiger partial charge in [0.15, 0.2) is 6.10 Å². The summed E-state index contributed by atoms with van der Waals surface area (Å²) in [5, 5.41) is 0. The van der Waals surface area contributed by atoms with Gasteiger partial charge in [-0.3, -0.25) is 9.59 Å². The summed E-state index contributed by atoms with van der Waals surface area (Å²) >= 11 is 0. The summed E-state index contributed by atoms with van der Waals surface area (Å²) < 4.78 is 17.4. The quantitative estimate of drug-likeness (QED) is 0.0346. The normalized spacial score (nSPS) is 12.8. The Morgan fingerprint density at radius 1 is 0.348 bits per heavy atom. The number of ether oxygens (including phenoxy) is 3. The number of allylic oxidation sites excluding steroid dienone is 14. The van der Waals surface area contributed by atoms with Gasteiger partial charge in [0.25, 0.3) is 0 Å². The third-order valence-electron chi connectivity index (χ3n) is 11.9. The second kappa shape index (κ2) is 56.4. The largest absolute Gasteiger partial charge is 0.462 e. The average Bonchev–Trinajstić information content (AvgIpc) is 3.32. The molecule has 0 rings (SSSR count). The van der Waals surface area contributed by atoms with Gasteiger partial charge in [0.1, 0.15) is 6.61 Å². The average molecular weight is 920 g/mol. The van der Waals surface area contributed by atoms with Gasteiger partial charge in [-0.2, -0.15) is 0 Å². The highest BCUT2D eigenvalue weighted by atomic mass is 16.6. The Morgan fingerprint density at radius 3 is 1.14 bits per heavy atom. The highest BCUT2D eigenvalue weighted by molar-refractivity contribution is 5.70. The topological polar surface area (TPSA) is 61.8 Å². The molecule has 0 spiro atoms. The van der Waals surface area contributed by atoms with E-state index in [1.165, 1.54) is 135 Å². The van der Waals surface area contributed by atoms with Gasteiger partial charge in [-0.25, -0.2) is 0 Å². The van der Waals surface area contributed by atoms with Gasteiger partial charge in [0, 0.05) is 19.4 Å². The standard InChI is InChI=1S/C61H106O5/c1-4-7-10-13-16-19-22-25-28-30-31-32-34-36-39-42-45-48-51-54-60(62)65-58-59(57-64-56-53-50-47-44-41-38-35-29-26-23-20-17-14-11-8-5-2)66-61(63)55-52-49-46-43-40-37-33-27-24-21-18-15-12-9-6-3/h7,10,16-17,19-20,25-29,31-33,59H,4-6,8-9,11-15,18,21-24,30,34-58H2,1-3H3/b10-7-,19-16-,20-17-,28-25-,29-26-,32-31-,33-27-. The lowest BCUT2D eigenvalue weighted by molar-refractivity contribution is -0.163. The second-order valence-electron chi connectivity index (χ2n) is 18.4. The van der Waals surface area contributed by atoms with Crippen LogP contribution < -0.4 is 0 Å². The van der Waals surface area contributed by atoms with Crippen molar-refractivity contribution in [1.82, 2.24) is 0 Å². The van der Waals surface area contributed by atoms with Crippen LogP contribution >= 0.6 is 0 Å². The van der Waals surface area contributed by atoms with E-state index >= 15 is 0 Å². The van der Waals surface area contributed by atoms with Gasteiger partial charge in [-0.05, 0) is 116 Å². The lowest BCUT2D eigenvalue weighted by atomic mass is 10.1. The molecule has 0 heterocycles. The molecule has 0 aromatic rings. The van der Waals surface area contributed by atoms with E-state index in [1.54, 1.807) is 0 Å². The molecule has 0 radical (unpaired) electrons. The Hall–Kier alpha value is -2.92. The number of esters is 2. The van der Waals surface area contributed by atoms with Crippen molar-refractivity contribution in [2.24, 2.45) is 0 Å². The summed E-state index contributed by atoms with van der Waals surface area (Å²) in [5.74, 6) is -0.425. The molecule has 0 N–H and O–H groups in total. The molecule has 0 aliphatic carbocycles. The first-order valence-electron chi connectivity index (χ1n) is 28.1. The smallest absolute Gasteiger partial charge is 0.306 e. The van der Waals surface area contributed by atoms with Crippen LogP contribution in [0.3, 0.4) is 0 Å². The highest BCUT2D eigenvalue weighted by Crippen LogP contribution is 2.14. The molecular weight excluding hydrogens is 813 g/mol. The van der Waals surface area contributed by atoms with Crippen molar-refractivity contribution >= 4 is 11.9 Å². The number of unbranched alkanes of at least 4 members (excludes halogenated alkanes) is 26. The minimum Gasteiger partial charge on any atom is -0.462 e. The highest BCUT2D eigenvalue weighted by Gasteiger charge is 2.17. The predicted octanol–water partition coefficient (Wildman–Crippen LogP) is 19.2. The summed E-state index contributed by atoms with van der Waals surface area (Å²) in [6.45, 7) is 7.66. The molecule has 0 aliphatic heterocycles. The fourth-order valence-corrected chi connectivity index (χ4v) is 7.70. The van der Waals surface area contributed by atoms with E-state index in [1.807, 2.05) is 0 Å². The van der Waals surface area contributed by atoms with Crippen LogP contribution in [0.4, 0.5) is 0 Å². The maximum atomic E-state index is 12.8. The SMILES string of the molecule is CC/C=C\C/C=C\C/C=C\C/C=C\CCCCCCCCC(=O)OCC(COCCCCCCCC/C=C\C/C=C\CCCCC)OC(=O)CCCCCCC/C=C\CCCCCCCC. The van der Waals surface area contributed by atoms with Crippen molar-refractivity contribution in [2.75, 3.05) is 19.8 Å². The van der Waals surface area contributed by atoms with Crippen LogP contribution in [-0.2, 0) is 23.8 Å². The summed E-state index contributed by atoms with van der Waals surface area (Å²) in [6.07, 6.45) is 74.5. The minimum absolute atomic E-state index is 0.0674. The molecule has 0 aromatic heterocycles. The molecule has 1 atom stereocenters. The molecular formula is C61H106O5. The van der Waals surface area contributed by atoms with Crippen LogP contribution in [0.5, 0.6) is 0 Å². The predicted molar refractivity (Wildman–Crippen MR) is 288 cm³/mol. The molecule has 0 aliphatic rings. The van der Waals surface area contributed by atoms with E-state index in [2.05, 4.69) is 106 Å². The van der Waals surface area contributed by atoms with Crippen LogP contribution in [0.1, 0.15) is 265 Å². The fourth-order valence-electron chi connectivity index (χ4n) is 7.70. The fraction of sp³-hybridized carbons (Fsp3) is 0.738. The molecule has 0 saturated heterocycles. The first-order valence-corrected chi connectivity index (χ1v) is 28.1. The minimum atomic E-state index is -0.556. The second-order valence-corrected chi connectivity index (χ2v) is 18.4. The maximum Gasteiger partial charge on any atom is 0.306 e. The van der Waals surface area contributed by atoms with Crippen molar-refractivity contribution in [3.8, 4) is 0 Å². The van der Waals surface area contributed by atoms with Gasteiger partial charge in [0.2, 0.25) is 0 Å². The Labute approximate surface area is 409 Å². The van der Waals surface area contributed by atoms with E-state index in [-0.39, 0.29) is 25.2 Å². The third kappa shape index (κ3) is 53.7.